The fourth-order valence-electron chi connectivity index (χ4n) is 25.6. The summed E-state index contributed by atoms with van der Waals surface area (Å²) in [6.07, 6.45) is 20.4. The van der Waals surface area contributed by atoms with Gasteiger partial charge >= 0.3 is 17.9 Å². The van der Waals surface area contributed by atoms with Gasteiger partial charge in [0, 0.05) is 56.3 Å². The molecule has 0 bridgehead atoms. The number of aliphatic hydroxyl groups excluding tert-OH is 5. The van der Waals surface area contributed by atoms with Crippen LogP contribution in [-0.2, 0) is 33.6 Å². The van der Waals surface area contributed by atoms with Crippen LogP contribution in [-0.4, -0.2) is 119 Å². The van der Waals surface area contributed by atoms with Gasteiger partial charge in [0.2, 0.25) is 5.91 Å². The number of carboxylic acids is 3. The summed E-state index contributed by atoms with van der Waals surface area (Å²) in [7, 11) is 0. The van der Waals surface area contributed by atoms with Crippen LogP contribution in [0, 0.1) is 139 Å². The Hall–Kier alpha value is -3.31. The molecule has 90 heavy (non-hydrogen) atoms. The SMILES string of the molecule is C[C@H](CCC(=O)NCC(=O)O)[C@H]1CC[C@H]2[C@@H]3[C@H](O)C[C@@H]4C[C@H](O)CC[C@]4(C)[C@H]3C[C@H](O)[C@]12C.C[C@H](CCC(=O)O)[C@H]1CC[C@H]2[C@@H]3C(=O)C[C@@H]4CC(=O)CC[C@]4(C)[C@H]3CC(=O)[C@]12C.C[C@H](CCC(=O)O)[C@H]1CC[C@H]2[C@@H]3[C@@H](O)C[C@@H]4C[C@H](O)CC[C@]4(C)[C@H]3CC[C@]12C. The summed E-state index contributed by atoms with van der Waals surface area (Å²) in [6, 6.07) is 0. The topological polar surface area (TPSA) is 293 Å². The first-order valence-corrected chi connectivity index (χ1v) is 36.1. The van der Waals surface area contributed by atoms with Crippen molar-refractivity contribution in [3.8, 4) is 0 Å². The summed E-state index contributed by atoms with van der Waals surface area (Å²) in [6.45, 7) is 19.9. The molecule has 0 spiro atoms. The largest absolute Gasteiger partial charge is 0.481 e. The molecule has 0 radical (unpaired) electrons. The highest BCUT2D eigenvalue weighted by Gasteiger charge is 2.69. The van der Waals surface area contributed by atoms with Gasteiger partial charge in [-0.3, -0.25) is 33.6 Å². The summed E-state index contributed by atoms with van der Waals surface area (Å²) in [5, 5.41) is 84.0. The summed E-state index contributed by atoms with van der Waals surface area (Å²) in [4.78, 5) is 83.8. The monoisotopic (exact) mass is 1260 g/mol. The second kappa shape index (κ2) is 26.4. The Labute approximate surface area is 536 Å². The molecule has 16 nitrogen and oxygen atoms in total. The summed E-state index contributed by atoms with van der Waals surface area (Å²) in [5.41, 5.74) is -0.290. The van der Waals surface area contributed by atoms with Crippen LogP contribution in [0.1, 0.15) is 242 Å². The number of carbonyl (C=O) groups is 7. The lowest BCUT2D eigenvalue weighted by Gasteiger charge is -2.63. The van der Waals surface area contributed by atoms with Crippen LogP contribution in [0.15, 0.2) is 0 Å². The van der Waals surface area contributed by atoms with Crippen LogP contribution in [0.5, 0.6) is 0 Å². The number of aliphatic hydroxyl groups is 5. The van der Waals surface area contributed by atoms with Crippen molar-refractivity contribution in [1.82, 2.24) is 5.32 Å². The van der Waals surface area contributed by atoms with Gasteiger partial charge in [0.05, 0.1) is 30.5 Å². The second-order valence-electron chi connectivity index (χ2n) is 34.4. The molecule has 0 aromatic heterocycles. The zero-order valence-corrected chi connectivity index (χ0v) is 56.2. The Balaban J connectivity index is 0.000000149. The fraction of sp³-hybridized carbons (Fsp3) is 0.905. The highest BCUT2D eigenvalue weighted by atomic mass is 16.4. The zero-order valence-electron chi connectivity index (χ0n) is 56.2. The van der Waals surface area contributed by atoms with E-state index in [4.69, 9.17) is 15.3 Å². The van der Waals surface area contributed by atoms with E-state index in [1.54, 1.807) is 0 Å². The number of Topliss-reactive ketones (excluding diaryl/α,β-unsaturated/α-hetero) is 3. The van der Waals surface area contributed by atoms with Crippen molar-refractivity contribution in [3.05, 3.63) is 0 Å². The van der Waals surface area contributed by atoms with Gasteiger partial charge in [0.15, 0.2) is 0 Å². The first kappa shape index (κ1) is 69.5. The first-order chi connectivity index (χ1) is 42.2. The van der Waals surface area contributed by atoms with Crippen molar-refractivity contribution in [1.29, 1.82) is 0 Å². The van der Waals surface area contributed by atoms with Crippen molar-refractivity contribution >= 4 is 41.2 Å². The molecule has 0 aromatic carbocycles. The zero-order chi connectivity index (χ0) is 65.5. The third-order valence-corrected chi connectivity index (χ3v) is 30.7. The average molecular weight is 1260 g/mol. The minimum absolute atomic E-state index is 0.0659. The molecule has 16 heteroatoms. The van der Waals surface area contributed by atoms with Crippen LogP contribution in [0.3, 0.4) is 0 Å². The van der Waals surface area contributed by atoms with Crippen LogP contribution in [0.25, 0.3) is 0 Å². The lowest BCUT2D eigenvalue weighted by molar-refractivity contribution is -0.207. The third-order valence-electron chi connectivity index (χ3n) is 30.7. The van der Waals surface area contributed by atoms with E-state index in [2.05, 4.69) is 67.6 Å². The Morgan fingerprint density at radius 3 is 1.57 bits per heavy atom. The van der Waals surface area contributed by atoms with E-state index in [-0.39, 0.29) is 159 Å². The summed E-state index contributed by atoms with van der Waals surface area (Å²) in [5.74, 6) is 3.14. The lowest BCUT2D eigenvalue weighted by atomic mass is 9.43. The van der Waals surface area contributed by atoms with Gasteiger partial charge in [-0.15, -0.1) is 0 Å². The molecule has 12 saturated carbocycles. The van der Waals surface area contributed by atoms with Crippen molar-refractivity contribution in [3.63, 3.8) is 0 Å². The number of amides is 1. The molecule has 508 valence electrons. The van der Waals surface area contributed by atoms with E-state index >= 15 is 0 Å². The Kier molecular flexibility index (Phi) is 20.4. The van der Waals surface area contributed by atoms with Gasteiger partial charge in [-0.2, -0.15) is 0 Å². The number of hydrogen-bond acceptors (Lipinski definition) is 12. The third kappa shape index (κ3) is 12.3. The minimum Gasteiger partial charge on any atom is -0.481 e. The van der Waals surface area contributed by atoms with E-state index in [1.165, 1.54) is 25.7 Å². The van der Waals surface area contributed by atoms with Crippen LogP contribution in [0.2, 0.25) is 0 Å². The summed E-state index contributed by atoms with van der Waals surface area (Å²) < 4.78 is 0. The maximum Gasteiger partial charge on any atom is 0.322 e. The Bertz CT molecular complexity index is 2680. The first-order valence-electron chi connectivity index (χ1n) is 36.1. The normalized spacial score (nSPS) is 48.2. The number of rotatable bonds is 14. The van der Waals surface area contributed by atoms with E-state index in [1.807, 2.05) is 0 Å². The number of ketones is 3. The molecule has 12 fully saturated rings. The fourth-order valence-corrected chi connectivity index (χ4v) is 25.6. The van der Waals surface area contributed by atoms with Crippen molar-refractivity contribution in [2.75, 3.05) is 6.54 Å². The van der Waals surface area contributed by atoms with Gasteiger partial charge in [-0.05, 0) is 263 Å². The predicted molar refractivity (Wildman–Crippen MR) is 339 cm³/mol. The molecular weight excluding hydrogens is 1140 g/mol. The smallest absolute Gasteiger partial charge is 0.322 e. The highest BCUT2D eigenvalue weighted by molar-refractivity contribution is 5.93. The molecule has 0 unspecified atom stereocenters. The van der Waals surface area contributed by atoms with Gasteiger partial charge in [0.25, 0.3) is 0 Å². The quantitative estimate of drug-likeness (QED) is 0.0781. The summed E-state index contributed by atoms with van der Waals surface area (Å²) >= 11 is 0. The Morgan fingerprint density at radius 2 is 0.967 bits per heavy atom. The number of fused-ring (bicyclic) bond motifs is 15. The molecule has 1 amide bonds. The molecule has 29 atom stereocenters. The van der Waals surface area contributed by atoms with E-state index in [0.29, 0.717) is 92.8 Å². The standard InChI is InChI=1S/C26H43NO6.C24H34O5.C24H40O4/c1-14(4-7-22(31)27-13-23(32)33)17-5-6-18-24-19(12-21(30)26(17,18)3)25(2)9-8-16(28)10-15(25)11-20(24)29;1-13(4-7-21(28)29)16-5-6-17-22-18(12-20(27)24(16,17)3)23(2)9-8-15(25)10-14(23)11-19(22)26;1-14(4-7-21(27)28)17-5-6-18-22-19(9-11-24(17,18)3)23(2)10-8-16(25)12-15(23)13-20(22)26/h14-21,24,28-30H,4-13H2,1-3H3,(H,27,31)(H,32,33);13-14,16-18,22H,4-12H2,1-3H3,(H,28,29);14-20,22,25-26H,4-13H2,1-3H3,(H,27,28)/t14-,15+,16-,17-,18+,19+,20-,21+,24+,25+,26-;13-,14+,16-,17+,18+,22+,23+,24-;14-,15+,16-,17-,18+,19+,20+,22+,23+,24-/m111/s1. The predicted octanol–water partition coefficient (Wildman–Crippen LogP) is 11.1. The second-order valence-corrected chi connectivity index (χ2v) is 34.4. The molecular formula is C74H117NO15. The van der Waals surface area contributed by atoms with Crippen molar-refractivity contribution in [2.24, 2.45) is 139 Å². The lowest BCUT2D eigenvalue weighted by Crippen LogP contribution is -2.62. The number of nitrogens with one attached hydrogen (secondary N) is 1. The number of aliphatic carboxylic acids is 3. The van der Waals surface area contributed by atoms with Gasteiger partial charge in [-0.1, -0.05) is 62.3 Å². The van der Waals surface area contributed by atoms with E-state index in [0.717, 1.165) is 89.9 Å². The Morgan fingerprint density at radius 1 is 0.478 bits per heavy atom. The van der Waals surface area contributed by atoms with Crippen molar-refractivity contribution < 1.29 is 74.4 Å². The molecule has 9 N–H and O–H groups in total. The molecule has 12 rings (SSSR count). The van der Waals surface area contributed by atoms with Crippen LogP contribution < -0.4 is 5.32 Å². The van der Waals surface area contributed by atoms with Gasteiger partial charge in [-0.25, -0.2) is 0 Å². The maximum absolute atomic E-state index is 13.6. The van der Waals surface area contributed by atoms with Crippen LogP contribution in [0.4, 0.5) is 0 Å². The molecule has 12 aliphatic carbocycles. The number of carboxylic acid groups (broad SMARTS) is 3. The molecule has 0 saturated heterocycles. The molecule has 0 heterocycles. The van der Waals surface area contributed by atoms with Crippen molar-refractivity contribution in [2.45, 2.75) is 273 Å². The minimum atomic E-state index is -1.04. The maximum atomic E-state index is 13.6. The number of hydrogen-bond donors (Lipinski definition) is 9. The molecule has 0 aromatic rings. The average Bonchev–Trinajstić information content (AvgIpc) is 1.33. The molecule has 0 aliphatic heterocycles. The van der Waals surface area contributed by atoms with Crippen LogP contribution >= 0.6 is 0 Å². The van der Waals surface area contributed by atoms with Gasteiger partial charge < -0.3 is 46.2 Å². The van der Waals surface area contributed by atoms with E-state index in [9.17, 15) is 59.1 Å². The molecule has 12 aliphatic rings. The number of carbonyl (C=O) groups excluding carboxylic acids is 4. The highest BCUT2D eigenvalue weighted by Crippen LogP contribution is 2.71. The van der Waals surface area contributed by atoms with Gasteiger partial charge in [0.1, 0.15) is 23.9 Å². The van der Waals surface area contributed by atoms with E-state index < -0.39 is 29.4 Å².